The third kappa shape index (κ3) is 5.01. The molecule has 0 spiro atoms. The smallest absolute Gasteiger partial charge is 0.307 e. The van der Waals surface area contributed by atoms with Crippen LogP contribution in [0.25, 0.3) is 10.8 Å². The summed E-state index contributed by atoms with van der Waals surface area (Å²) in [6, 6.07) is 11.1. The number of amides is 3. The second-order valence-corrected chi connectivity index (χ2v) is 6.61. The van der Waals surface area contributed by atoms with Crippen LogP contribution in [-0.4, -0.2) is 26.6 Å². The number of carbonyl (C=O) groups is 2. The fourth-order valence-corrected chi connectivity index (χ4v) is 2.86. The molecule has 1 heterocycles. The molecule has 0 unspecified atom stereocenters. The van der Waals surface area contributed by atoms with Crippen molar-refractivity contribution in [1.82, 2.24) is 20.6 Å². The first-order valence-corrected chi connectivity index (χ1v) is 9.52. The summed E-state index contributed by atoms with van der Waals surface area (Å²) in [5.74, 6) is -0.694. The van der Waals surface area contributed by atoms with Crippen molar-refractivity contribution in [2.45, 2.75) is 26.3 Å². The second-order valence-electron chi connectivity index (χ2n) is 6.61. The first kappa shape index (κ1) is 21.4. The average molecular weight is 424 g/mol. The molecule has 0 saturated carbocycles. The molecule has 3 amide bonds. The topological polar surface area (TPSA) is 148 Å². The van der Waals surface area contributed by atoms with Gasteiger partial charge in [0.2, 0.25) is 0 Å². The molecule has 0 bridgehead atoms. The summed E-state index contributed by atoms with van der Waals surface area (Å²) in [7, 11) is 0. The molecular weight excluding hydrogens is 404 g/mol. The molecule has 0 aliphatic heterocycles. The molecule has 11 heteroatoms. The van der Waals surface area contributed by atoms with Gasteiger partial charge in [-0.2, -0.15) is 5.10 Å². The number of aromatic nitrogens is 2. The number of aryl methyl sites for hydroxylation is 1. The van der Waals surface area contributed by atoms with E-state index in [0.29, 0.717) is 23.0 Å². The zero-order valence-electron chi connectivity index (χ0n) is 16.6. The van der Waals surface area contributed by atoms with Gasteiger partial charge in [0.1, 0.15) is 0 Å². The normalized spacial score (nSPS) is 10.5. The van der Waals surface area contributed by atoms with E-state index in [4.69, 9.17) is 0 Å². The minimum atomic E-state index is -0.759. The lowest BCUT2D eigenvalue weighted by molar-refractivity contribution is -0.384. The molecule has 11 nitrogen and oxygen atoms in total. The summed E-state index contributed by atoms with van der Waals surface area (Å²) in [5, 5.41) is 18.0. The van der Waals surface area contributed by atoms with E-state index in [1.165, 1.54) is 28.9 Å². The van der Waals surface area contributed by atoms with Gasteiger partial charge >= 0.3 is 6.03 Å². The Kier molecular flexibility index (Phi) is 6.55. The summed E-state index contributed by atoms with van der Waals surface area (Å²) < 4.78 is 1.25. The number of unbranched alkanes of at least 4 members (excludes halogenated alkanes) is 1. The lowest BCUT2D eigenvalue weighted by Crippen LogP contribution is -2.44. The number of nitro groups is 1. The molecule has 2 aromatic carbocycles. The summed E-state index contributed by atoms with van der Waals surface area (Å²) >= 11 is 0. The number of hydrogen-bond donors (Lipinski definition) is 3. The maximum Gasteiger partial charge on any atom is 0.337 e. The van der Waals surface area contributed by atoms with Gasteiger partial charge in [-0.1, -0.05) is 31.5 Å². The van der Waals surface area contributed by atoms with Gasteiger partial charge in [0.05, 0.1) is 10.3 Å². The number of nitro benzene ring substituents is 1. The molecule has 0 aliphatic rings. The van der Waals surface area contributed by atoms with Crippen molar-refractivity contribution in [3.8, 4) is 0 Å². The van der Waals surface area contributed by atoms with Crippen LogP contribution in [0.1, 0.15) is 30.3 Å². The highest BCUT2D eigenvalue weighted by molar-refractivity contribution is 6.05. The summed E-state index contributed by atoms with van der Waals surface area (Å²) in [6.07, 6.45) is 1.58. The quantitative estimate of drug-likeness (QED) is 0.409. The highest BCUT2D eigenvalue weighted by Crippen LogP contribution is 2.15. The van der Waals surface area contributed by atoms with Gasteiger partial charge in [-0.25, -0.2) is 14.9 Å². The number of carbonyl (C=O) groups excluding carboxylic acids is 2. The Labute approximate surface area is 176 Å². The van der Waals surface area contributed by atoms with E-state index in [9.17, 15) is 24.5 Å². The summed E-state index contributed by atoms with van der Waals surface area (Å²) in [5.41, 5.74) is 4.35. The third-order valence-electron chi connectivity index (χ3n) is 4.43. The van der Waals surface area contributed by atoms with Crippen LogP contribution < -0.4 is 21.7 Å². The van der Waals surface area contributed by atoms with Crippen molar-refractivity contribution in [2.24, 2.45) is 0 Å². The number of nitrogens with zero attached hydrogens (tertiary/aromatic N) is 3. The molecule has 1 aromatic heterocycles. The number of benzene rings is 2. The van der Waals surface area contributed by atoms with Crippen molar-refractivity contribution in [3.63, 3.8) is 0 Å². The third-order valence-corrected chi connectivity index (χ3v) is 4.43. The van der Waals surface area contributed by atoms with Crippen molar-refractivity contribution in [2.75, 3.05) is 5.32 Å². The van der Waals surface area contributed by atoms with E-state index < -0.39 is 16.9 Å². The lowest BCUT2D eigenvalue weighted by atomic mass is 10.1. The number of fused-ring (bicyclic) bond motifs is 1. The van der Waals surface area contributed by atoms with Crippen molar-refractivity contribution in [3.05, 3.63) is 74.7 Å². The largest absolute Gasteiger partial charge is 0.337 e. The number of anilines is 1. The SMILES string of the molecule is CCCCn1nc(C(=O)NNC(=O)Nc2ccc([N+](=O)[O-])cc2)c2ccccc2c1=O. The molecule has 3 N–H and O–H groups in total. The maximum absolute atomic E-state index is 12.7. The Hall–Kier alpha value is -4.28. The monoisotopic (exact) mass is 424 g/mol. The summed E-state index contributed by atoms with van der Waals surface area (Å²) in [6.45, 7) is 2.35. The zero-order chi connectivity index (χ0) is 22.4. The molecule has 160 valence electrons. The van der Waals surface area contributed by atoms with Gasteiger partial charge in [0, 0.05) is 29.8 Å². The van der Waals surface area contributed by atoms with Crippen molar-refractivity contribution < 1.29 is 14.5 Å². The van der Waals surface area contributed by atoms with Crippen LogP contribution in [-0.2, 0) is 6.54 Å². The van der Waals surface area contributed by atoms with Crippen LogP contribution in [0.5, 0.6) is 0 Å². The van der Waals surface area contributed by atoms with Gasteiger partial charge in [-0.3, -0.25) is 25.1 Å². The number of rotatable bonds is 6. The second kappa shape index (κ2) is 9.48. The predicted octanol–water partition coefficient (Wildman–Crippen LogP) is 2.57. The highest BCUT2D eigenvalue weighted by atomic mass is 16.6. The Morgan fingerprint density at radius 3 is 2.39 bits per heavy atom. The zero-order valence-corrected chi connectivity index (χ0v) is 16.6. The Morgan fingerprint density at radius 1 is 1.06 bits per heavy atom. The molecular formula is C20H20N6O5. The van der Waals surface area contributed by atoms with Gasteiger partial charge in [0.25, 0.3) is 17.2 Å². The van der Waals surface area contributed by atoms with Crippen LogP contribution >= 0.6 is 0 Å². The van der Waals surface area contributed by atoms with Crippen LogP contribution in [0.15, 0.2) is 53.3 Å². The van der Waals surface area contributed by atoms with Crippen LogP contribution in [0.4, 0.5) is 16.2 Å². The number of non-ortho nitro benzene ring substituents is 1. The molecule has 3 rings (SSSR count). The van der Waals surface area contributed by atoms with Crippen LogP contribution in [0.3, 0.4) is 0 Å². The number of hydrazine groups is 1. The fraction of sp³-hybridized carbons (Fsp3) is 0.200. The number of urea groups is 1. The number of nitrogens with one attached hydrogen (secondary N) is 3. The lowest BCUT2D eigenvalue weighted by Gasteiger charge is -2.12. The van der Waals surface area contributed by atoms with E-state index in [1.807, 2.05) is 6.92 Å². The average Bonchev–Trinajstić information content (AvgIpc) is 2.77. The Bertz CT molecular complexity index is 1190. The van der Waals surface area contributed by atoms with E-state index in [-0.39, 0.29) is 16.9 Å². The first-order valence-electron chi connectivity index (χ1n) is 9.52. The predicted molar refractivity (Wildman–Crippen MR) is 114 cm³/mol. The molecule has 31 heavy (non-hydrogen) atoms. The van der Waals surface area contributed by atoms with Crippen LogP contribution in [0, 0.1) is 10.1 Å². The highest BCUT2D eigenvalue weighted by Gasteiger charge is 2.17. The van der Waals surface area contributed by atoms with Crippen molar-refractivity contribution >= 4 is 34.1 Å². The summed E-state index contributed by atoms with van der Waals surface area (Å²) in [4.78, 5) is 47.4. The van der Waals surface area contributed by atoms with E-state index in [0.717, 1.165) is 12.8 Å². The molecule has 0 saturated heterocycles. The van der Waals surface area contributed by atoms with Gasteiger partial charge in [-0.05, 0) is 24.6 Å². The minimum absolute atomic E-state index is 0.00180. The molecule has 0 fully saturated rings. The standard InChI is InChI=1S/C20H20N6O5/c1-2-3-12-25-19(28)16-7-5-4-6-15(16)17(24-25)18(27)22-23-20(29)21-13-8-10-14(11-9-13)26(30)31/h4-11H,2-3,12H2,1H3,(H,22,27)(H2,21,23,29). The maximum atomic E-state index is 12.7. The molecule has 0 aliphatic carbocycles. The van der Waals surface area contributed by atoms with Gasteiger partial charge in [-0.15, -0.1) is 0 Å². The first-order chi connectivity index (χ1) is 14.9. The van der Waals surface area contributed by atoms with Gasteiger partial charge in [0.15, 0.2) is 5.69 Å². The Morgan fingerprint density at radius 2 is 1.74 bits per heavy atom. The molecule has 0 radical (unpaired) electrons. The van der Waals surface area contributed by atoms with E-state index in [1.54, 1.807) is 24.3 Å². The fourth-order valence-electron chi connectivity index (χ4n) is 2.86. The minimum Gasteiger partial charge on any atom is -0.307 e. The van der Waals surface area contributed by atoms with Gasteiger partial charge < -0.3 is 5.32 Å². The Balaban J connectivity index is 1.73. The van der Waals surface area contributed by atoms with Crippen molar-refractivity contribution in [1.29, 1.82) is 0 Å². The molecule has 0 atom stereocenters. The van der Waals surface area contributed by atoms with Crippen LogP contribution in [0.2, 0.25) is 0 Å². The number of hydrogen-bond acceptors (Lipinski definition) is 6. The molecule has 3 aromatic rings. The van der Waals surface area contributed by atoms with E-state index >= 15 is 0 Å². The van der Waals surface area contributed by atoms with E-state index in [2.05, 4.69) is 21.3 Å².